The molecular formula is C28H46N5O3W-. The van der Waals surface area contributed by atoms with Gasteiger partial charge in [0.15, 0.2) is 0 Å². The molecule has 208 valence electrons. The molecule has 2 amide bonds. The molecule has 1 aliphatic carbocycles. The largest absolute Gasteiger partial charge is 0.586 e. The number of benzene rings is 1. The summed E-state index contributed by atoms with van der Waals surface area (Å²) in [6.45, 7) is 11.2. The second kappa shape index (κ2) is 17.2. The molecule has 1 aromatic carbocycles. The predicted octanol–water partition coefficient (Wildman–Crippen LogP) is 4.36. The van der Waals surface area contributed by atoms with Crippen molar-refractivity contribution < 1.29 is 35.5 Å². The molecule has 1 atom stereocenters. The number of carbonyl (C=O) groups excluding carboxylic acids is 2. The molecule has 0 spiro atoms. The van der Waals surface area contributed by atoms with Crippen molar-refractivity contribution in [3.8, 4) is 5.75 Å². The number of nitrogens with one attached hydrogen (secondary N) is 2. The topological polar surface area (TPSA) is 88.0 Å². The van der Waals surface area contributed by atoms with Gasteiger partial charge >= 0.3 is 0 Å². The molecule has 37 heavy (non-hydrogen) atoms. The summed E-state index contributed by atoms with van der Waals surface area (Å²) >= 11 is 0. The molecule has 0 bridgehead atoms. The Labute approximate surface area is 237 Å². The third-order valence-corrected chi connectivity index (χ3v) is 7.45. The van der Waals surface area contributed by atoms with Crippen LogP contribution in [0.1, 0.15) is 70.8 Å². The summed E-state index contributed by atoms with van der Waals surface area (Å²) in [5.41, 5.74) is 5.74. The smallest absolute Gasteiger partial charge is 0.249 e. The predicted molar refractivity (Wildman–Crippen MR) is 145 cm³/mol. The Morgan fingerprint density at radius 3 is 2.41 bits per heavy atom. The van der Waals surface area contributed by atoms with Gasteiger partial charge in [0.2, 0.25) is 11.8 Å². The number of piperazine rings is 1. The quantitative estimate of drug-likeness (QED) is 0.282. The van der Waals surface area contributed by atoms with E-state index in [1.54, 1.807) is 7.05 Å². The Hall–Kier alpha value is -1.47. The molecule has 2 saturated heterocycles. The van der Waals surface area contributed by atoms with Crippen molar-refractivity contribution in [2.75, 3.05) is 51.6 Å². The van der Waals surface area contributed by atoms with E-state index >= 15 is 0 Å². The fraction of sp³-hybridized carbons (Fsp3) is 0.714. The number of amides is 2. The Kier molecular flexibility index (Phi) is 14.7. The van der Waals surface area contributed by atoms with Crippen LogP contribution in [0.15, 0.2) is 18.2 Å². The van der Waals surface area contributed by atoms with Crippen molar-refractivity contribution in [2.45, 2.75) is 77.7 Å². The molecular weight excluding hydrogens is 638 g/mol. The van der Waals surface area contributed by atoms with E-state index in [-0.39, 0.29) is 32.9 Å². The monoisotopic (exact) mass is 684 g/mol. The molecule has 1 aromatic rings. The summed E-state index contributed by atoms with van der Waals surface area (Å²) in [5, 5.41) is 5.59. The maximum Gasteiger partial charge on any atom is 0.249 e. The summed E-state index contributed by atoms with van der Waals surface area (Å²) < 4.78 is 0. The summed E-state index contributed by atoms with van der Waals surface area (Å²) in [4.78, 5) is 34.2. The van der Waals surface area contributed by atoms with Crippen molar-refractivity contribution >= 4 is 17.5 Å². The minimum atomic E-state index is -0.445. The van der Waals surface area contributed by atoms with Crippen molar-refractivity contribution in [2.24, 2.45) is 5.92 Å². The second-order valence-electron chi connectivity index (χ2n) is 10.0. The van der Waals surface area contributed by atoms with E-state index in [0.717, 1.165) is 31.0 Å². The van der Waals surface area contributed by atoms with E-state index in [2.05, 4.69) is 32.0 Å². The summed E-state index contributed by atoms with van der Waals surface area (Å²) in [7, 11) is 1.59. The number of carbonyl (C=O) groups is 2. The molecule has 3 fully saturated rings. The zero-order valence-corrected chi connectivity index (χ0v) is 25.9. The van der Waals surface area contributed by atoms with E-state index in [4.69, 9.17) is 4.84 Å². The van der Waals surface area contributed by atoms with Crippen LogP contribution in [0.3, 0.4) is 0 Å². The van der Waals surface area contributed by atoms with Crippen LogP contribution in [-0.4, -0.2) is 74.0 Å². The normalized spacial score (nSPS) is 21.3. The first-order chi connectivity index (χ1) is 17.6. The van der Waals surface area contributed by atoms with E-state index in [1.807, 2.05) is 26.0 Å². The molecule has 3 aliphatic rings. The standard InChI is InChI=1S/C26H40N5O3.C2H6.W/c1-27-34-24-18-20(9-10-22(24)28-23-11-12-25(32)29-26(23)33)8-5-13-30-14-16-31(17-15-30)19-21-6-3-2-4-7-21;1-2;/h9-10,18,21,23,28H,2-8,11-17,19H2,1H3,(H,29,32,33);1-2H3;/q-1;;. The summed E-state index contributed by atoms with van der Waals surface area (Å²) in [6, 6.07) is 5.59. The van der Waals surface area contributed by atoms with E-state index in [1.165, 1.54) is 70.4 Å². The van der Waals surface area contributed by atoms with Crippen LogP contribution >= 0.6 is 0 Å². The number of piperidine rings is 1. The van der Waals surface area contributed by atoms with Crippen LogP contribution in [0.5, 0.6) is 5.75 Å². The van der Waals surface area contributed by atoms with Crippen LogP contribution < -0.4 is 15.5 Å². The minimum Gasteiger partial charge on any atom is -0.586 e. The fourth-order valence-electron chi connectivity index (χ4n) is 5.47. The van der Waals surface area contributed by atoms with Gasteiger partial charge in [0.25, 0.3) is 0 Å². The van der Waals surface area contributed by atoms with Crippen LogP contribution in [-0.2, 0) is 37.1 Å². The zero-order valence-electron chi connectivity index (χ0n) is 23.0. The maximum atomic E-state index is 12.1. The number of aryl methyl sites for hydroxylation is 1. The first-order valence-corrected chi connectivity index (χ1v) is 14.0. The number of anilines is 1. The van der Waals surface area contributed by atoms with Gasteiger partial charge in [-0.25, -0.2) is 0 Å². The molecule has 2 aliphatic heterocycles. The molecule has 2 N–H and O–H groups in total. The molecule has 8 nitrogen and oxygen atoms in total. The number of nitrogens with zero attached hydrogens (tertiary/aromatic N) is 3. The molecule has 0 aromatic heterocycles. The van der Waals surface area contributed by atoms with Gasteiger partial charge in [-0.15, -0.1) is 7.05 Å². The Morgan fingerprint density at radius 1 is 1.03 bits per heavy atom. The van der Waals surface area contributed by atoms with Gasteiger partial charge in [0.05, 0.1) is 5.69 Å². The average molecular weight is 685 g/mol. The van der Waals surface area contributed by atoms with Gasteiger partial charge in [0, 0.05) is 60.2 Å². The fourth-order valence-corrected chi connectivity index (χ4v) is 5.47. The van der Waals surface area contributed by atoms with Crippen LogP contribution in [0.4, 0.5) is 5.69 Å². The molecule has 1 unspecified atom stereocenters. The molecule has 1 saturated carbocycles. The number of hydroxylamine groups is 1. The summed E-state index contributed by atoms with van der Waals surface area (Å²) in [5.74, 6) is 1.03. The third kappa shape index (κ3) is 10.3. The van der Waals surface area contributed by atoms with Gasteiger partial charge in [-0.2, -0.15) is 0 Å². The van der Waals surface area contributed by atoms with E-state index in [0.29, 0.717) is 18.6 Å². The molecule has 4 rings (SSSR count). The number of hydrogen-bond acceptors (Lipinski definition) is 6. The van der Waals surface area contributed by atoms with Crippen molar-refractivity contribution in [1.82, 2.24) is 15.1 Å². The third-order valence-electron chi connectivity index (χ3n) is 7.45. The van der Waals surface area contributed by atoms with Crippen LogP contribution in [0.2, 0.25) is 0 Å². The Bertz CT molecular complexity index is 826. The summed E-state index contributed by atoms with van der Waals surface area (Å²) in [6.07, 6.45) is 10.0. The SMILES string of the molecule is CC.C[N-]Oc1cc(CCCN2CCN(CC3CCCCC3)CC2)ccc1NC1CCC(=O)NC1=O.[W]. The zero-order chi connectivity index (χ0) is 25.8. The number of imide groups is 1. The number of hydrogen-bond donors (Lipinski definition) is 2. The molecule has 9 heteroatoms. The van der Waals surface area contributed by atoms with Gasteiger partial charge in [-0.3, -0.25) is 14.9 Å². The Balaban J connectivity index is 0.00000157. The Morgan fingerprint density at radius 2 is 1.73 bits per heavy atom. The van der Waals surface area contributed by atoms with Gasteiger partial charge < -0.3 is 25.4 Å². The van der Waals surface area contributed by atoms with Gasteiger partial charge in [0.1, 0.15) is 11.8 Å². The number of rotatable bonds is 10. The average Bonchev–Trinajstić information content (AvgIpc) is 2.90. The maximum absolute atomic E-state index is 12.1. The van der Waals surface area contributed by atoms with Crippen molar-refractivity contribution in [1.29, 1.82) is 0 Å². The van der Waals surface area contributed by atoms with Crippen LogP contribution in [0.25, 0.3) is 5.48 Å². The molecule has 0 radical (unpaired) electrons. The molecule has 2 heterocycles. The van der Waals surface area contributed by atoms with E-state index < -0.39 is 6.04 Å². The van der Waals surface area contributed by atoms with Crippen molar-refractivity contribution in [3.05, 3.63) is 29.2 Å². The van der Waals surface area contributed by atoms with E-state index in [9.17, 15) is 9.59 Å². The first kappa shape index (κ1) is 31.7. The van der Waals surface area contributed by atoms with Crippen molar-refractivity contribution in [3.63, 3.8) is 0 Å². The van der Waals surface area contributed by atoms with Crippen LogP contribution in [0, 0.1) is 5.92 Å². The minimum absolute atomic E-state index is 0. The van der Waals surface area contributed by atoms with Gasteiger partial charge in [-0.05, 0) is 62.3 Å². The second-order valence-corrected chi connectivity index (χ2v) is 10.0. The first-order valence-electron chi connectivity index (χ1n) is 14.0. The van der Waals surface area contributed by atoms with Gasteiger partial charge in [-0.1, -0.05) is 39.2 Å².